The second kappa shape index (κ2) is 6.66. The summed E-state index contributed by atoms with van der Waals surface area (Å²) in [6.45, 7) is 6.43. The molecule has 1 aromatic heterocycles. The van der Waals surface area contributed by atoms with Crippen molar-refractivity contribution in [3.8, 4) is 0 Å². The van der Waals surface area contributed by atoms with Crippen molar-refractivity contribution in [1.82, 2.24) is 10.2 Å². The Morgan fingerprint density at radius 2 is 2.00 bits per heavy atom. The van der Waals surface area contributed by atoms with E-state index in [9.17, 15) is 9.59 Å². The van der Waals surface area contributed by atoms with Gasteiger partial charge in [0, 0.05) is 25.1 Å². The molecule has 7 nitrogen and oxygen atoms in total. The minimum atomic E-state index is -0.173. The predicted octanol–water partition coefficient (Wildman–Crippen LogP) is 2.96. The van der Waals surface area contributed by atoms with Gasteiger partial charge in [-0.05, 0) is 17.5 Å². The van der Waals surface area contributed by atoms with Gasteiger partial charge in [0.2, 0.25) is 17.7 Å². The molecule has 2 aromatic rings. The molecule has 0 radical (unpaired) electrons. The second-order valence-corrected chi connectivity index (χ2v) is 7.47. The molecule has 1 aromatic carbocycles. The van der Waals surface area contributed by atoms with Crippen LogP contribution in [0.25, 0.3) is 0 Å². The van der Waals surface area contributed by atoms with E-state index >= 15 is 0 Å². The van der Waals surface area contributed by atoms with E-state index in [1.807, 2.05) is 51.1 Å². The molecular weight excluding hydrogens is 320 g/mol. The largest absolute Gasteiger partial charge is 0.407 e. The summed E-state index contributed by atoms with van der Waals surface area (Å²) in [5.74, 6) is 0.0511. The lowest BCUT2D eigenvalue weighted by Gasteiger charge is -2.16. The van der Waals surface area contributed by atoms with E-state index in [0.717, 1.165) is 5.69 Å². The molecule has 1 unspecified atom stereocenters. The number of amides is 2. The molecule has 1 saturated heterocycles. The molecule has 1 aliphatic heterocycles. The molecule has 25 heavy (non-hydrogen) atoms. The molecule has 2 amide bonds. The molecule has 0 spiro atoms. The maximum Gasteiger partial charge on any atom is 0.322 e. The van der Waals surface area contributed by atoms with Crippen LogP contribution in [0.5, 0.6) is 0 Å². The Balaban J connectivity index is 1.65. The van der Waals surface area contributed by atoms with Crippen LogP contribution in [0.1, 0.15) is 45.4 Å². The molecule has 0 bridgehead atoms. The van der Waals surface area contributed by atoms with Gasteiger partial charge < -0.3 is 9.32 Å². The minimum Gasteiger partial charge on any atom is -0.407 e. The van der Waals surface area contributed by atoms with Crippen molar-refractivity contribution in [2.45, 2.75) is 39.5 Å². The average Bonchev–Trinajstić information content (AvgIpc) is 3.13. The maximum atomic E-state index is 12.3. The number of rotatable bonds is 4. The Hall–Kier alpha value is -2.70. The lowest BCUT2D eigenvalue weighted by Crippen LogP contribution is -2.24. The van der Waals surface area contributed by atoms with Crippen LogP contribution in [0, 0.1) is 5.41 Å². The number of para-hydroxylation sites is 1. The third-order valence-electron chi connectivity index (χ3n) is 3.92. The fraction of sp³-hybridized carbons (Fsp3) is 0.444. The molecule has 0 saturated carbocycles. The van der Waals surface area contributed by atoms with Crippen molar-refractivity contribution in [3.63, 3.8) is 0 Å². The summed E-state index contributed by atoms with van der Waals surface area (Å²) in [7, 11) is 0. The van der Waals surface area contributed by atoms with Crippen molar-refractivity contribution < 1.29 is 14.0 Å². The summed E-state index contributed by atoms with van der Waals surface area (Å²) in [6.07, 6.45) is 0.668. The first-order valence-corrected chi connectivity index (χ1v) is 8.30. The third-order valence-corrected chi connectivity index (χ3v) is 3.92. The molecule has 1 fully saturated rings. The monoisotopic (exact) mass is 342 g/mol. The van der Waals surface area contributed by atoms with E-state index in [0.29, 0.717) is 25.3 Å². The highest BCUT2D eigenvalue weighted by molar-refractivity contribution is 5.96. The number of hydrogen-bond donors (Lipinski definition) is 1. The molecule has 132 valence electrons. The normalized spacial score (nSPS) is 17.8. The quantitative estimate of drug-likeness (QED) is 0.923. The topological polar surface area (TPSA) is 88.3 Å². The predicted molar refractivity (Wildman–Crippen MR) is 93.2 cm³/mol. The Labute approximate surface area is 146 Å². The highest BCUT2D eigenvalue weighted by Gasteiger charge is 2.35. The molecule has 7 heteroatoms. The Kier molecular flexibility index (Phi) is 4.57. The van der Waals surface area contributed by atoms with E-state index in [4.69, 9.17) is 4.42 Å². The molecule has 2 heterocycles. The van der Waals surface area contributed by atoms with Crippen LogP contribution < -0.4 is 10.2 Å². The summed E-state index contributed by atoms with van der Waals surface area (Å²) in [5, 5.41) is 10.5. The highest BCUT2D eigenvalue weighted by atomic mass is 16.4. The smallest absolute Gasteiger partial charge is 0.322 e. The number of carbonyl (C=O) groups is 2. The van der Waals surface area contributed by atoms with Gasteiger partial charge in [0.05, 0.1) is 5.92 Å². The Bertz CT molecular complexity index is 764. The molecule has 1 atom stereocenters. The van der Waals surface area contributed by atoms with Crippen LogP contribution in [0.4, 0.5) is 11.7 Å². The lowest BCUT2D eigenvalue weighted by molar-refractivity contribution is -0.118. The minimum absolute atomic E-state index is 0.0210. The summed E-state index contributed by atoms with van der Waals surface area (Å²) >= 11 is 0. The first kappa shape index (κ1) is 17.1. The molecule has 1 aliphatic rings. The molecule has 3 rings (SSSR count). The van der Waals surface area contributed by atoms with Crippen molar-refractivity contribution >= 4 is 23.5 Å². The third kappa shape index (κ3) is 4.23. The van der Waals surface area contributed by atoms with Crippen molar-refractivity contribution in [2.24, 2.45) is 5.41 Å². The average molecular weight is 342 g/mol. The van der Waals surface area contributed by atoms with Crippen LogP contribution in [-0.4, -0.2) is 28.6 Å². The van der Waals surface area contributed by atoms with Crippen LogP contribution >= 0.6 is 0 Å². The van der Waals surface area contributed by atoms with Gasteiger partial charge in [0.25, 0.3) is 0 Å². The molecule has 1 N–H and O–H groups in total. The zero-order chi connectivity index (χ0) is 18.0. The summed E-state index contributed by atoms with van der Waals surface area (Å²) in [6, 6.07) is 9.57. The van der Waals surface area contributed by atoms with Gasteiger partial charge in [-0.2, -0.15) is 0 Å². The van der Waals surface area contributed by atoms with Crippen LogP contribution in [0.2, 0.25) is 0 Å². The van der Waals surface area contributed by atoms with Gasteiger partial charge in [0.1, 0.15) is 0 Å². The van der Waals surface area contributed by atoms with E-state index in [1.54, 1.807) is 4.90 Å². The number of hydrogen-bond acceptors (Lipinski definition) is 5. The van der Waals surface area contributed by atoms with Crippen LogP contribution in [0.15, 0.2) is 34.7 Å². The van der Waals surface area contributed by atoms with Gasteiger partial charge in [-0.15, -0.1) is 5.10 Å². The SMILES string of the molecule is CC(C)(C)CC(=O)Nc1nnc(C2CC(=O)N(c3ccccc3)C2)o1. The number of carbonyl (C=O) groups excluding carboxylic acids is 2. The standard InChI is InChI=1S/C18H22N4O3/c1-18(2,3)10-14(23)19-17-21-20-16(25-17)12-9-15(24)22(11-12)13-7-5-4-6-8-13/h4-8,12H,9-11H2,1-3H3,(H,19,21,23). The van der Waals surface area contributed by atoms with Gasteiger partial charge in [-0.1, -0.05) is 44.1 Å². The molecule has 0 aliphatic carbocycles. The Morgan fingerprint density at radius 3 is 2.68 bits per heavy atom. The number of anilines is 2. The fourth-order valence-electron chi connectivity index (χ4n) is 2.83. The van der Waals surface area contributed by atoms with Gasteiger partial charge >= 0.3 is 6.01 Å². The van der Waals surface area contributed by atoms with E-state index in [1.165, 1.54) is 0 Å². The number of aromatic nitrogens is 2. The highest BCUT2D eigenvalue weighted by Crippen LogP contribution is 2.31. The van der Waals surface area contributed by atoms with Gasteiger partial charge in [0.15, 0.2) is 0 Å². The number of nitrogens with one attached hydrogen (secondary N) is 1. The second-order valence-electron chi connectivity index (χ2n) is 7.47. The summed E-state index contributed by atoms with van der Waals surface area (Å²) in [4.78, 5) is 25.9. The first-order chi connectivity index (χ1) is 11.8. The first-order valence-electron chi connectivity index (χ1n) is 8.30. The van der Waals surface area contributed by atoms with Crippen molar-refractivity contribution in [3.05, 3.63) is 36.2 Å². The van der Waals surface area contributed by atoms with Crippen LogP contribution in [-0.2, 0) is 9.59 Å². The lowest BCUT2D eigenvalue weighted by atomic mass is 9.92. The van der Waals surface area contributed by atoms with E-state index < -0.39 is 0 Å². The summed E-state index contributed by atoms with van der Waals surface area (Å²) in [5.41, 5.74) is 0.731. The van der Waals surface area contributed by atoms with Crippen molar-refractivity contribution in [1.29, 1.82) is 0 Å². The number of nitrogens with zero attached hydrogens (tertiary/aromatic N) is 3. The van der Waals surface area contributed by atoms with E-state index in [2.05, 4.69) is 15.5 Å². The molecular formula is C18H22N4O3. The zero-order valence-electron chi connectivity index (χ0n) is 14.7. The Morgan fingerprint density at radius 1 is 1.28 bits per heavy atom. The number of benzene rings is 1. The summed E-state index contributed by atoms with van der Waals surface area (Å²) < 4.78 is 5.55. The van der Waals surface area contributed by atoms with Gasteiger partial charge in [-0.25, -0.2) is 0 Å². The van der Waals surface area contributed by atoms with Gasteiger partial charge in [-0.3, -0.25) is 14.9 Å². The van der Waals surface area contributed by atoms with E-state index in [-0.39, 0.29) is 29.2 Å². The maximum absolute atomic E-state index is 12.3. The van der Waals surface area contributed by atoms with Crippen molar-refractivity contribution in [2.75, 3.05) is 16.8 Å². The zero-order valence-corrected chi connectivity index (χ0v) is 14.7. The fourth-order valence-corrected chi connectivity index (χ4v) is 2.83. The van der Waals surface area contributed by atoms with Crippen LogP contribution in [0.3, 0.4) is 0 Å².